The Kier molecular flexibility index (Phi) is 4.48. The lowest BCUT2D eigenvalue weighted by molar-refractivity contribution is 0.0949. The van der Waals surface area contributed by atoms with Gasteiger partial charge in [0.05, 0.1) is 5.39 Å². The summed E-state index contributed by atoms with van der Waals surface area (Å²) in [6, 6.07) is 19.2. The van der Waals surface area contributed by atoms with Crippen LogP contribution in [0.3, 0.4) is 0 Å². The van der Waals surface area contributed by atoms with Crippen LogP contribution in [-0.2, 0) is 0 Å². The third-order valence-corrected chi connectivity index (χ3v) is 4.97. The highest BCUT2D eigenvalue weighted by atomic mass is 16.2. The molecular formula is C23H19N5O2. The van der Waals surface area contributed by atoms with Crippen molar-refractivity contribution in [2.24, 2.45) is 0 Å². The summed E-state index contributed by atoms with van der Waals surface area (Å²) in [7, 11) is 0. The third kappa shape index (κ3) is 3.53. The van der Waals surface area contributed by atoms with Gasteiger partial charge in [0.15, 0.2) is 5.65 Å². The number of para-hydroxylation sites is 2. The van der Waals surface area contributed by atoms with E-state index < -0.39 is 0 Å². The highest BCUT2D eigenvalue weighted by Crippen LogP contribution is 2.21. The smallest absolute Gasteiger partial charge is 0.257 e. The van der Waals surface area contributed by atoms with E-state index in [1.165, 1.54) is 6.20 Å². The number of nitrogens with zero attached hydrogens (tertiary/aromatic N) is 3. The van der Waals surface area contributed by atoms with Crippen LogP contribution in [0.2, 0.25) is 0 Å². The number of benzene rings is 2. The lowest BCUT2D eigenvalue weighted by atomic mass is 10.2. The average Bonchev–Trinajstić information content (AvgIpc) is 3.59. The quantitative estimate of drug-likeness (QED) is 0.539. The summed E-state index contributed by atoms with van der Waals surface area (Å²) in [4.78, 5) is 34.6. The fourth-order valence-corrected chi connectivity index (χ4v) is 3.26. The summed E-state index contributed by atoms with van der Waals surface area (Å²) >= 11 is 0. The van der Waals surface area contributed by atoms with Gasteiger partial charge in [0, 0.05) is 29.8 Å². The predicted octanol–water partition coefficient (Wildman–Crippen LogP) is 3.42. The number of carbonyl (C=O) groups is 1. The average molecular weight is 397 g/mol. The molecule has 7 nitrogen and oxygen atoms in total. The van der Waals surface area contributed by atoms with Gasteiger partial charge in [0.2, 0.25) is 11.4 Å². The van der Waals surface area contributed by atoms with Crippen molar-refractivity contribution in [3.8, 4) is 5.69 Å². The largest absolute Gasteiger partial charge is 0.349 e. The second-order valence-electron chi connectivity index (χ2n) is 7.25. The Balaban J connectivity index is 1.66. The molecule has 5 rings (SSSR count). The van der Waals surface area contributed by atoms with Gasteiger partial charge in [-0.2, -0.15) is 4.98 Å². The van der Waals surface area contributed by atoms with Gasteiger partial charge < -0.3 is 15.2 Å². The SMILES string of the molecule is O=C(NC1CC1)c1cn(-c2ccccc2)c2nc(Nc3ccccc3)ncc2c1=O. The molecule has 148 valence electrons. The lowest BCUT2D eigenvalue weighted by Gasteiger charge is -2.14. The van der Waals surface area contributed by atoms with E-state index in [0.29, 0.717) is 17.0 Å². The maximum absolute atomic E-state index is 13.1. The zero-order valence-electron chi connectivity index (χ0n) is 16.1. The van der Waals surface area contributed by atoms with Crippen LogP contribution in [0.15, 0.2) is 77.9 Å². The lowest BCUT2D eigenvalue weighted by Crippen LogP contribution is -2.31. The molecule has 2 aromatic carbocycles. The van der Waals surface area contributed by atoms with E-state index in [4.69, 9.17) is 0 Å². The molecule has 0 unspecified atom stereocenters. The van der Waals surface area contributed by atoms with Gasteiger partial charge in [-0.15, -0.1) is 0 Å². The van der Waals surface area contributed by atoms with Crippen LogP contribution in [0.4, 0.5) is 11.6 Å². The monoisotopic (exact) mass is 397 g/mol. The Bertz CT molecular complexity index is 1280. The summed E-state index contributed by atoms with van der Waals surface area (Å²) in [6.45, 7) is 0. The summed E-state index contributed by atoms with van der Waals surface area (Å²) in [5.41, 5.74) is 1.79. The van der Waals surface area contributed by atoms with E-state index in [1.807, 2.05) is 60.7 Å². The zero-order valence-corrected chi connectivity index (χ0v) is 16.1. The topological polar surface area (TPSA) is 88.9 Å². The first-order chi connectivity index (χ1) is 14.7. The van der Waals surface area contributed by atoms with Crippen molar-refractivity contribution >= 4 is 28.6 Å². The highest BCUT2D eigenvalue weighted by molar-refractivity contribution is 5.97. The molecule has 1 amide bonds. The molecule has 1 saturated carbocycles. The number of carbonyl (C=O) groups excluding carboxylic acids is 1. The fourth-order valence-electron chi connectivity index (χ4n) is 3.26. The fraction of sp³-hybridized carbons (Fsp3) is 0.130. The number of anilines is 2. The molecule has 1 fully saturated rings. The molecule has 0 spiro atoms. The molecular weight excluding hydrogens is 378 g/mol. The van der Waals surface area contributed by atoms with Crippen LogP contribution < -0.4 is 16.1 Å². The molecule has 0 saturated heterocycles. The van der Waals surface area contributed by atoms with Gasteiger partial charge in [-0.3, -0.25) is 9.59 Å². The van der Waals surface area contributed by atoms with Gasteiger partial charge in [0.1, 0.15) is 5.56 Å². The molecule has 0 atom stereocenters. The second-order valence-corrected chi connectivity index (χ2v) is 7.25. The molecule has 7 heteroatoms. The Morgan fingerprint density at radius 2 is 1.70 bits per heavy atom. The molecule has 0 bridgehead atoms. The van der Waals surface area contributed by atoms with Crippen molar-refractivity contribution in [3.63, 3.8) is 0 Å². The van der Waals surface area contributed by atoms with Crippen molar-refractivity contribution in [1.29, 1.82) is 0 Å². The molecule has 1 aliphatic rings. The Hall–Kier alpha value is -4.00. The number of aromatic nitrogens is 3. The van der Waals surface area contributed by atoms with Gasteiger partial charge in [-0.05, 0) is 37.1 Å². The van der Waals surface area contributed by atoms with E-state index in [2.05, 4.69) is 20.6 Å². The van der Waals surface area contributed by atoms with E-state index in [0.717, 1.165) is 24.2 Å². The Morgan fingerprint density at radius 1 is 1.00 bits per heavy atom. The molecule has 30 heavy (non-hydrogen) atoms. The highest BCUT2D eigenvalue weighted by Gasteiger charge is 2.26. The third-order valence-electron chi connectivity index (χ3n) is 4.97. The van der Waals surface area contributed by atoms with E-state index in [9.17, 15) is 9.59 Å². The van der Waals surface area contributed by atoms with Crippen LogP contribution in [0.5, 0.6) is 0 Å². The van der Waals surface area contributed by atoms with Gasteiger partial charge in [0.25, 0.3) is 5.91 Å². The van der Waals surface area contributed by atoms with Crippen molar-refractivity contribution < 1.29 is 4.79 Å². The molecule has 0 aliphatic heterocycles. The minimum atomic E-state index is -0.374. The number of fused-ring (bicyclic) bond motifs is 1. The summed E-state index contributed by atoms with van der Waals surface area (Å²) in [5.74, 6) is 0.00790. The molecule has 1 aliphatic carbocycles. The molecule has 0 radical (unpaired) electrons. The molecule has 2 aromatic heterocycles. The summed E-state index contributed by atoms with van der Waals surface area (Å²) in [5, 5.41) is 6.33. The predicted molar refractivity (Wildman–Crippen MR) is 115 cm³/mol. The number of hydrogen-bond donors (Lipinski definition) is 2. The Morgan fingerprint density at radius 3 is 2.40 bits per heavy atom. The zero-order chi connectivity index (χ0) is 20.5. The number of pyridine rings is 1. The molecule has 2 heterocycles. The van der Waals surface area contributed by atoms with Crippen LogP contribution in [0.25, 0.3) is 16.7 Å². The normalized spacial score (nSPS) is 13.2. The first-order valence-corrected chi connectivity index (χ1v) is 9.80. The first-order valence-electron chi connectivity index (χ1n) is 9.80. The van der Waals surface area contributed by atoms with E-state index >= 15 is 0 Å². The maximum atomic E-state index is 13.1. The van der Waals surface area contributed by atoms with Crippen molar-refractivity contribution in [1.82, 2.24) is 19.9 Å². The van der Waals surface area contributed by atoms with Gasteiger partial charge in [-0.25, -0.2) is 4.98 Å². The van der Waals surface area contributed by atoms with E-state index in [-0.39, 0.29) is 22.9 Å². The number of nitrogens with one attached hydrogen (secondary N) is 2. The second kappa shape index (κ2) is 7.44. The van der Waals surface area contributed by atoms with E-state index in [1.54, 1.807) is 10.8 Å². The summed E-state index contributed by atoms with van der Waals surface area (Å²) < 4.78 is 1.76. The van der Waals surface area contributed by atoms with Gasteiger partial charge in [-0.1, -0.05) is 36.4 Å². The van der Waals surface area contributed by atoms with Crippen molar-refractivity contribution in [2.45, 2.75) is 18.9 Å². The van der Waals surface area contributed by atoms with Crippen LogP contribution in [0.1, 0.15) is 23.2 Å². The number of amides is 1. The number of rotatable bonds is 5. The van der Waals surface area contributed by atoms with Crippen LogP contribution >= 0.6 is 0 Å². The van der Waals surface area contributed by atoms with Crippen LogP contribution in [-0.4, -0.2) is 26.5 Å². The Labute approximate surface area is 172 Å². The van der Waals surface area contributed by atoms with Crippen molar-refractivity contribution in [3.05, 3.63) is 88.8 Å². The summed E-state index contributed by atoms with van der Waals surface area (Å²) in [6.07, 6.45) is 4.94. The molecule has 2 N–H and O–H groups in total. The standard InChI is InChI=1S/C23H19N5O2/c29-20-18-13-24-23(26-15-7-3-1-4-8-15)27-21(18)28(17-9-5-2-6-10-17)14-19(20)22(30)25-16-11-12-16/h1-10,13-14,16H,11-12H2,(H,25,30)(H,24,26,27). The first kappa shape index (κ1) is 18.1. The van der Waals surface area contributed by atoms with Crippen molar-refractivity contribution in [2.75, 3.05) is 5.32 Å². The van der Waals surface area contributed by atoms with Crippen LogP contribution in [0, 0.1) is 0 Å². The van der Waals surface area contributed by atoms with Gasteiger partial charge >= 0.3 is 0 Å². The maximum Gasteiger partial charge on any atom is 0.257 e. The number of hydrogen-bond acceptors (Lipinski definition) is 5. The minimum Gasteiger partial charge on any atom is -0.349 e. The minimum absolute atomic E-state index is 0.0885. The molecule has 4 aromatic rings.